The number of ether oxygens (including phenoxy) is 1. The van der Waals surface area contributed by atoms with Crippen LogP contribution in [0.3, 0.4) is 0 Å². The second kappa shape index (κ2) is 10.2. The van der Waals surface area contributed by atoms with Gasteiger partial charge in [-0.1, -0.05) is 42.5 Å². The number of hydrogen-bond acceptors (Lipinski definition) is 6. The third-order valence-corrected chi connectivity index (χ3v) is 5.64. The van der Waals surface area contributed by atoms with Gasteiger partial charge >= 0.3 is 5.97 Å². The SMILES string of the molecule is Cc1ccc(NC(=O)C(OC(=O)c2cccc(N3CCCC3=O)c2)c2ccccc2)c([N+](=O)[O-])c1. The molecule has 1 N–H and O–H groups in total. The molecule has 2 amide bonds. The molecule has 1 aliphatic heterocycles. The van der Waals surface area contributed by atoms with Crippen LogP contribution in [0.25, 0.3) is 0 Å². The first-order chi connectivity index (χ1) is 16.8. The van der Waals surface area contributed by atoms with E-state index in [1.807, 2.05) is 0 Å². The normalized spacial score (nSPS) is 13.9. The highest BCUT2D eigenvalue weighted by molar-refractivity contribution is 6.00. The summed E-state index contributed by atoms with van der Waals surface area (Å²) in [5.41, 5.74) is 1.56. The van der Waals surface area contributed by atoms with E-state index in [9.17, 15) is 24.5 Å². The van der Waals surface area contributed by atoms with Gasteiger partial charge in [0.2, 0.25) is 12.0 Å². The number of amides is 2. The molecule has 35 heavy (non-hydrogen) atoms. The minimum atomic E-state index is -1.36. The average Bonchev–Trinajstić information content (AvgIpc) is 3.29. The number of nitrogens with one attached hydrogen (secondary N) is 1. The van der Waals surface area contributed by atoms with Crippen LogP contribution in [0.5, 0.6) is 0 Å². The number of aryl methyl sites for hydroxylation is 1. The number of anilines is 2. The number of hydrogen-bond donors (Lipinski definition) is 1. The number of nitro benzene ring substituents is 1. The van der Waals surface area contributed by atoms with E-state index >= 15 is 0 Å². The van der Waals surface area contributed by atoms with Gasteiger partial charge in [0.05, 0.1) is 10.5 Å². The van der Waals surface area contributed by atoms with E-state index in [4.69, 9.17) is 4.74 Å². The Kier molecular flexibility index (Phi) is 6.86. The van der Waals surface area contributed by atoms with E-state index in [-0.39, 0.29) is 22.8 Å². The highest BCUT2D eigenvalue weighted by Gasteiger charge is 2.29. The zero-order valence-corrected chi connectivity index (χ0v) is 19.0. The number of esters is 1. The number of nitrogens with zero attached hydrogens (tertiary/aromatic N) is 2. The number of benzene rings is 3. The van der Waals surface area contributed by atoms with Crippen molar-refractivity contribution in [2.75, 3.05) is 16.8 Å². The van der Waals surface area contributed by atoms with Crippen LogP contribution in [0.2, 0.25) is 0 Å². The smallest absolute Gasteiger partial charge is 0.339 e. The van der Waals surface area contributed by atoms with Crippen LogP contribution < -0.4 is 10.2 Å². The molecule has 1 unspecified atom stereocenters. The Morgan fingerprint density at radius 1 is 1.06 bits per heavy atom. The van der Waals surface area contributed by atoms with Gasteiger partial charge in [0.15, 0.2) is 0 Å². The number of carbonyl (C=O) groups excluding carboxylic acids is 3. The van der Waals surface area contributed by atoms with E-state index in [0.717, 1.165) is 6.42 Å². The van der Waals surface area contributed by atoms with Gasteiger partial charge in [-0.05, 0) is 43.2 Å². The van der Waals surface area contributed by atoms with Gasteiger partial charge in [0, 0.05) is 30.3 Å². The molecule has 3 aromatic rings. The van der Waals surface area contributed by atoms with Gasteiger partial charge in [-0.25, -0.2) is 4.79 Å². The zero-order chi connectivity index (χ0) is 24.9. The summed E-state index contributed by atoms with van der Waals surface area (Å²) in [5, 5.41) is 14.0. The highest BCUT2D eigenvalue weighted by Crippen LogP contribution is 2.29. The van der Waals surface area contributed by atoms with Gasteiger partial charge in [-0.2, -0.15) is 0 Å². The van der Waals surface area contributed by atoms with Crippen molar-refractivity contribution >= 4 is 34.8 Å². The summed E-state index contributed by atoms with van der Waals surface area (Å²) in [4.78, 5) is 50.8. The molecule has 0 spiro atoms. The molecule has 1 aliphatic rings. The highest BCUT2D eigenvalue weighted by atomic mass is 16.6. The molecule has 4 rings (SSSR count). The first kappa shape index (κ1) is 23.6. The Hall–Kier alpha value is -4.53. The summed E-state index contributed by atoms with van der Waals surface area (Å²) in [6.07, 6.45) is -0.160. The van der Waals surface area contributed by atoms with Crippen molar-refractivity contribution in [3.63, 3.8) is 0 Å². The second-order valence-corrected chi connectivity index (χ2v) is 8.16. The molecule has 178 valence electrons. The lowest BCUT2D eigenvalue weighted by Gasteiger charge is -2.19. The Morgan fingerprint density at radius 2 is 1.83 bits per heavy atom. The summed E-state index contributed by atoms with van der Waals surface area (Å²) in [6, 6.07) is 19.3. The van der Waals surface area contributed by atoms with Crippen LogP contribution >= 0.6 is 0 Å². The van der Waals surface area contributed by atoms with Gasteiger partial charge in [-0.15, -0.1) is 0 Å². The van der Waals surface area contributed by atoms with Crippen LogP contribution in [0.15, 0.2) is 72.8 Å². The van der Waals surface area contributed by atoms with Crippen LogP contribution in [-0.4, -0.2) is 29.3 Å². The van der Waals surface area contributed by atoms with Crippen molar-refractivity contribution in [2.45, 2.75) is 25.9 Å². The minimum absolute atomic E-state index is 0.00266. The fourth-order valence-electron chi connectivity index (χ4n) is 3.89. The van der Waals surface area contributed by atoms with Crippen molar-refractivity contribution in [3.8, 4) is 0 Å². The summed E-state index contributed by atoms with van der Waals surface area (Å²) in [7, 11) is 0. The van der Waals surface area contributed by atoms with E-state index in [2.05, 4.69) is 5.32 Å². The molecule has 1 fully saturated rings. The molecule has 0 aliphatic carbocycles. The van der Waals surface area contributed by atoms with Gasteiger partial charge in [0.25, 0.3) is 11.6 Å². The standard InChI is InChI=1S/C26H23N3O6/c1-17-12-13-21(22(15-17)29(33)34)27-25(31)24(18-7-3-2-4-8-18)35-26(32)19-9-5-10-20(16-19)28-14-6-11-23(28)30/h2-5,7-10,12-13,15-16,24H,6,11,14H2,1H3,(H,27,31). The first-order valence-electron chi connectivity index (χ1n) is 11.1. The van der Waals surface area contributed by atoms with Crippen molar-refractivity contribution in [1.29, 1.82) is 0 Å². The second-order valence-electron chi connectivity index (χ2n) is 8.16. The van der Waals surface area contributed by atoms with Gasteiger partial charge < -0.3 is 15.0 Å². The fraction of sp³-hybridized carbons (Fsp3) is 0.192. The third kappa shape index (κ3) is 5.35. The van der Waals surface area contributed by atoms with Crippen molar-refractivity contribution in [1.82, 2.24) is 0 Å². The molecule has 0 bridgehead atoms. The average molecular weight is 473 g/mol. The summed E-state index contributed by atoms with van der Waals surface area (Å²) in [5.74, 6) is -1.51. The van der Waals surface area contributed by atoms with Crippen molar-refractivity contribution < 1.29 is 24.0 Å². The molecule has 3 aromatic carbocycles. The Bertz CT molecular complexity index is 1290. The van der Waals surface area contributed by atoms with E-state index < -0.39 is 22.9 Å². The third-order valence-electron chi connectivity index (χ3n) is 5.64. The zero-order valence-electron chi connectivity index (χ0n) is 19.0. The first-order valence-corrected chi connectivity index (χ1v) is 11.1. The molecule has 9 nitrogen and oxygen atoms in total. The minimum Gasteiger partial charge on any atom is -0.444 e. The van der Waals surface area contributed by atoms with Gasteiger partial charge in [0.1, 0.15) is 5.69 Å². The Balaban J connectivity index is 1.60. The molecule has 0 aromatic heterocycles. The Labute approximate surface area is 201 Å². The molecule has 9 heteroatoms. The van der Waals surface area contributed by atoms with Crippen molar-refractivity contribution in [2.24, 2.45) is 0 Å². The van der Waals surface area contributed by atoms with Gasteiger partial charge in [-0.3, -0.25) is 19.7 Å². The Morgan fingerprint density at radius 3 is 2.51 bits per heavy atom. The van der Waals surface area contributed by atoms with Crippen LogP contribution in [0.1, 0.15) is 40.4 Å². The monoisotopic (exact) mass is 473 g/mol. The number of rotatable bonds is 7. The predicted octanol–water partition coefficient (Wildman–Crippen LogP) is 4.57. The number of carbonyl (C=O) groups is 3. The molecule has 1 atom stereocenters. The molecule has 0 saturated carbocycles. The maximum absolute atomic E-state index is 13.2. The van der Waals surface area contributed by atoms with E-state index in [0.29, 0.717) is 29.8 Å². The summed E-state index contributed by atoms with van der Waals surface area (Å²) in [6.45, 7) is 2.28. The summed E-state index contributed by atoms with van der Waals surface area (Å²) < 4.78 is 5.60. The molecule has 0 radical (unpaired) electrons. The van der Waals surface area contributed by atoms with Crippen molar-refractivity contribution in [3.05, 3.63) is 99.6 Å². The molecular formula is C26H23N3O6. The lowest BCUT2D eigenvalue weighted by Crippen LogP contribution is -2.27. The quantitative estimate of drug-likeness (QED) is 0.305. The molecule has 1 saturated heterocycles. The van der Waals surface area contributed by atoms with Crippen LogP contribution in [0.4, 0.5) is 17.1 Å². The maximum Gasteiger partial charge on any atom is 0.339 e. The largest absolute Gasteiger partial charge is 0.444 e. The maximum atomic E-state index is 13.2. The molecular weight excluding hydrogens is 450 g/mol. The van der Waals surface area contributed by atoms with Crippen LogP contribution in [0, 0.1) is 17.0 Å². The number of nitro groups is 1. The fourth-order valence-corrected chi connectivity index (χ4v) is 3.89. The predicted molar refractivity (Wildman–Crippen MR) is 129 cm³/mol. The van der Waals surface area contributed by atoms with Crippen LogP contribution in [-0.2, 0) is 14.3 Å². The van der Waals surface area contributed by atoms with E-state index in [1.54, 1.807) is 66.4 Å². The molecule has 1 heterocycles. The van der Waals surface area contributed by atoms with E-state index in [1.165, 1.54) is 18.2 Å². The topological polar surface area (TPSA) is 119 Å². The summed E-state index contributed by atoms with van der Waals surface area (Å²) >= 11 is 0. The lowest BCUT2D eigenvalue weighted by molar-refractivity contribution is -0.384. The lowest BCUT2D eigenvalue weighted by atomic mass is 10.1.